The van der Waals surface area contributed by atoms with Crippen LogP contribution in [0.2, 0.25) is 0 Å². The number of fused-ring (bicyclic) bond motifs is 9. The van der Waals surface area contributed by atoms with Gasteiger partial charge in [-0.3, -0.25) is 0 Å². The van der Waals surface area contributed by atoms with Gasteiger partial charge in [0.1, 0.15) is 17.3 Å². The zero-order valence-corrected chi connectivity index (χ0v) is 49.6. The summed E-state index contributed by atoms with van der Waals surface area (Å²) in [6.07, 6.45) is 24.2. The van der Waals surface area contributed by atoms with Crippen molar-refractivity contribution in [3.05, 3.63) is 323 Å². The Labute approximate surface area is 522 Å². The van der Waals surface area contributed by atoms with Gasteiger partial charge in [0, 0.05) is 56.4 Å². The fourth-order valence-corrected chi connectivity index (χ4v) is 14.8. The molecule has 0 unspecified atom stereocenters. The summed E-state index contributed by atoms with van der Waals surface area (Å²) >= 11 is 0. The Kier molecular flexibility index (Phi) is 12.9. The Hall–Kier alpha value is -11.3. The lowest BCUT2D eigenvalue weighted by Gasteiger charge is -2.27. The van der Waals surface area contributed by atoms with Gasteiger partial charge in [0.15, 0.2) is 5.82 Å². The van der Waals surface area contributed by atoms with Crippen LogP contribution < -0.4 is 0 Å². The maximum atomic E-state index is 20.5. The summed E-state index contributed by atoms with van der Waals surface area (Å²) in [5, 5.41) is 16.9. The molecule has 0 bridgehead atoms. The van der Waals surface area contributed by atoms with Crippen molar-refractivity contribution in [2.24, 2.45) is 0 Å². The van der Waals surface area contributed by atoms with E-state index in [-0.39, 0.29) is 11.3 Å². The van der Waals surface area contributed by atoms with Gasteiger partial charge < -0.3 is 13.7 Å². The minimum Gasteiger partial charge on any atom is -0.310 e. The molecule has 0 spiro atoms. The van der Waals surface area contributed by atoms with E-state index in [9.17, 15) is 5.26 Å². The zero-order valence-electron chi connectivity index (χ0n) is 49.6. The molecule has 0 fully saturated rings. The first-order chi connectivity index (χ1) is 44.5. The number of hydrogen-bond donors (Lipinski definition) is 0. The summed E-state index contributed by atoms with van der Waals surface area (Å²) < 4.78 is 27.2. The van der Waals surface area contributed by atoms with Crippen molar-refractivity contribution in [3.8, 4) is 67.6 Å². The molecule has 0 atom stereocenters. The van der Waals surface area contributed by atoms with Crippen LogP contribution in [0.3, 0.4) is 0 Å². The standard InChI is InChI=1S/C85H59FN4/c86-82-81(61-34-20-7-21-35-61)85(90-79-46-40-66(59-30-16-5-17-31-59)52-72(79)73-53-67(41-47-80(73)90)60-32-18-6-19-33-60)84(89-77-44-38-64(57-26-12-3-13-27-57)50-70(77)71-51-65(39-45-78(71)89)58-28-14-4-15-29-58)74(54-87)83(82)88-75-42-36-62(55-22-8-1-9-23-55)48-68(75)69-49-63(37-43-76(69)88)56-24-10-2-11-25-56/h1-3,5-12,14,16-26,28-37,39-40,42-43,45-52H,4,13,15,27,38,44,53H2. The molecule has 3 heterocycles. The number of nitriles is 1. The molecule has 13 aromatic rings. The summed E-state index contributed by atoms with van der Waals surface area (Å²) in [5.41, 5.74) is 27.8. The van der Waals surface area contributed by atoms with Crippen LogP contribution in [0.25, 0.3) is 128 Å². The molecule has 17 rings (SSSR count). The van der Waals surface area contributed by atoms with Crippen LogP contribution in [0.4, 0.5) is 4.39 Å². The van der Waals surface area contributed by atoms with Crippen molar-refractivity contribution in [2.75, 3.05) is 0 Å². The third-order valence-electron chi connectivity index (χ3n) is 19.1. The Morgan fingerprint density at radius 3 is 1.56 bits per heavy atom. The van der Waals surface area contributed by atoms with Gasteiger partial charge in [0.05, 0.1) is 39.1 Å². The quantitative estimate of drug-likeness (QED) is 0.126. The Bertz CT molecular complexity index is 5300. The number of allylic oxidation sites excluding steroid dienone is 10. The smallest absolute Gasteiger partial charge is 0.158 e. The van der Waals surface area contributed by atoms with Gasteiger partial charge in [-0.1, -0.05) is 212 Å². The first kappa shape index (κ1) is 53.0. The second kappa shape index (κ2) is 21.8. The van der Waals surface area contributed by atoms with Crippen LogP contribution in [0.5, 0.6) is 0 Å². The summed E-state index contributed by atoms with van der Waals surface area (Å²) in [6.45, 7) is 0. The highest BCUT2D eigenvalue weighted by molar-refractivity contribution is 6.13. The van der Waals surface area contributed by atoms with Gasteiger partial charge in [-0.2, -0.15) is 5.26 Å². The predicted octanol–water partition coefficient (Wildman–Crippen LogP) is 21.9. The average Bonchev–Trinajstić information content (AvgIpc) is 1.51. The lowest BCUT2D eigenvalue weighted by molar-refractivity contribution is 0.622. The molecule has 0 radical (unpaired) electrons. The fourth-order valence-electron chi connectivity index (χ4n) is 14.8. The van der Waals surface area contributed by atoms with Gasteiger partial charge in [-0.15, -0.1) is 5.73 Å². The Morgan fingerprint density at radius 2 is 0.989 bits per heavy atom. The fraction of sp³-hybridized carbons (Fsp3) is 0.0824. The largest absolute Gasteiger partial charge is 0.310 e. The molecular weight excluding hydrogens is 1100 g/mol. The van der Waals surface area contributed by atoms with Crippen LogP contribution in [0.1, 0.15) is 71.3 Å². The van der Waals surface area contributed by atoms with E-state index in [0.29, 0.717) is 35.3 Å². The first-order valence-electron chi connectivity index (χ1n) is 31.4. The van der Waals surface area contributed by atoms with Gasteiger partial charge in [0.25, 0.3) is 0 Å². The minimum atomic E-state index is -0.491. The molecule has 4 nitrogen and oxygen atoms in total. The Morgan fingerprint density at radius 1 is 0.444 bits per heavy atom. The molecule has 0 amide bonds. The van der Waals surface area contributed by atoms with E-state index in [1.165, 1.54) is 16.7 Å². The highest BCUT2D eigenvalue weighted by Crippen LogP contribution is 2.51. The van der Waals surface area contributed by atoms with Crippen LogP contribution in [0.15, 0.2) is 278 Å². The van der Waals surface area contributed by atoms with Gasteiger partial charge >= 0.3 is 0 Å². The monoisotopic (exact) mass is 1150 g/mol. The molecule has 0 saturated carbocycles. The van der Waals surface area contributed by atoms with Crippen molar-refractivity contribution >= 4 is 66.9 Å². The summed E-state index contributed by atoms with van der Waals surface area (Å²) in [6, 6.07) is 81.5. The molecule has 10 aromatic carbocycles. The summed E-state index contributed by atoms with van der Waals surface area (Å²) in [4.78, 5) is 0. The lowest BCUT2D eigenvalue weighted by atomic mass is 9.87. The highest BCUT2D eigenvalue weighted by atomic mass is 19.1. The molecule has 4 aliphatic carbocycles. The normalized spacial score (nSPS) is 14.4. The van der Waals surface area contributed by atoms with Crippen LogP contribution >= 0.6 is 0 Å². The molecule has 0 aliphatic heterocycles. The maximum absolute atomic E-state index is 20.5. The van der Waals surface area contributed by atoms with Crippen LogP contribution in [0, 0.1) is 17.1 Å². The van der Waals surface area contributed by atoms with Gasteiger partial charge in [-0.05, 0) is 165 Å². The van der Waals surface area contributed by atoms with E-state index in [1.807, 2.05) is 42.5 Å². The third-order valence-corrected chi connectivity index (χ3v) is 19.1. The molecule has 0 saturated heterocycles. The number of halogens is 1. The van der Waals surface area contributed by atoms with Crippen molar-refractivity contribution < 1.29 is 4.39 Å². The SMILES string of the molecule is N#Cc1c(-n2c3c(c4cc(C5=CCCC=C5)ccc42)C=C(C2=CC=CCC2)CC3)c(-n2c3c(c4cc(-c5ccccc5)ccc42)CC(c2ccccc2)=C=C3)c(-c2ccccc2)c(F)c1-n1c2ccc(-c3ccccc3)cc2c2cc(-c3ccccc3)ccc21. The van der Waals surface area contributed by atoms with Gasteiger partial charge in [-0.25, -0.2) is 4.39 Å². The van der Waals surface area contributed by atoms with E-state index < -0.39 is 5.82 Å². The van der Waals surface area contributed by atoms with Crippen molar-refractivity contribution in [1.29, 1.82) is 5.26 Å². The number of aromatic nitrogens is 3. The van der Waals surface area contributed by atoms with E-state index in [1.54, 1.807) is 0 Å². The predicted molar refractivity (Wildman–Crippen MR) is 372 cm³/mol. The molecule has 90 heavy (non-hydrogen) atoms. The van der Waals surface area contributed by atoms with Gasteiger partial charge in [0.2, 0.25) is 0 Å². The van der Waals surface area contributed by atoms with Crippen molar-refractivity contribution in [3.63, 3.8) is 0 Å². The third kappa shape index (κ3) is 8.71. The first-order valence-corrected chi connectivity index (χ1v) is 31.4. The van der Waals surface area contributed by atoms with E-state index in [2.05, 4.69) is 256 Å². The highest BCUT2D eigenvalue weighted by Gasteiger charge is 2.36. The summed E-state index contributed by atoms with van der Waals surface area (Å²) in [5.74, 6) is -0.491. The summed E-state index contributed by atoms with van der Waals surface area (Å²) in [7, 11) is 0. The number of rotatable bonds is 10. The molecule has 426 valence electrons. The van der Waals surface area contributed by atoms with E-state index in [0.717, 1.165) is 148 Å². The molecular formula is C85H59FN4. The second-order valence-corrected chi connectivity index (χ2v) is 24.1. The molecule has 0 N–H and O–H groups in total. The zero-order chi connectivity index (χ0) is 59.8. The Balaban J connectivity index is 1.06. The van der Waals surface area contributed by atoms with E-state index >= 15 is 4.39 Å². The number of benzene rings is 10. The maximum Gasteiger partial charge on any atom is 0.158 e. The van der Waals surface area contributed by atoms with Crippen LogP contribution in [-0.4, -0.2) is 13.7 Å². The number of hydrogen-bond acceptors (Lipinski definition) is 1. The van der Waals surface area contributed by atoms with Crippen molar-refractivity contribution in [1.82, 2.24) is 13.7 Å². The average molecular weight is 1160 g/mol. The topological polar surface area (TPSA) is 38.6 Å². The van der Waals surface area contributed by atoms with E-state index in [4.69, 9.17) is 0 Å². The second-order valence-electron chi connectivity index (χ2n) is 24.1. The molecule has 5 heteroatoms. The molecule has 3 aromatic heterocycles. The lowest BCUT2D eigenvalue weighted by Crippen LogP contribution is -2.17. The minimum absolute atomic E-state index is 0.199. The van der Waals surface area contributed by atoms with Crippen LogP contribution in [-0.2, 0) is 12.8 Å². The number of nitrogens with zero attached hydrogens (tertiary/aromatic N) is 4. The van der Waals surface area contributed by atoms with Crippen molar-refractivity contribution in [2.45, 2.75) is 44.9 Å². The molecule has 4 aliphatic rings.